The van der Waals surface area contributed by atoms with E-state index in [0.29, 0.717) is 12.1 Å². The maximum Gasteiger partial charge on any atom is 0.299 e. The number of hydrogen-bond donors (Lipinski definition) is 0. The van der Waals surface area contributed by atoms with Crippen LogP contribution in [0.2, 0.25) is 0 Å². The van der Waals surface area contributed by atoms with E-state index in [1.54, 1.807) is 13.8 Å². The predicted octanol–water partition coefficient (Wildman–Crippen LogP) is 2.29. The number of nitrogens with zero attached hydrogens (tertiary/aromatic N) is 2. The summed E-state index contributed by atoms with van der Waals surface area (Å²) in [5.74, 6) is -1.89. The minimum absolute atomic E-state index is 0.0970. The Balaban J connectivity index is 2.27. The smallest absolute Gasteiger partial charge is 0.299 e. The summed E-state index contributed by atoms with van der Waals surface area (Å²) in [5, 5.41) is 8.95. The number of carbonyl (C=O) groups excluding carboxylic acids is 2. The normalized spacial score (nSPS) is 14.5. The second-order valence-corrected chi connectivity index (χ2v) is 5.19. The molecule has 0 saturated carbocycles. The summed E-state index contributed by atoms with van der Waals surface area (Å²) < 4.78 is 13.1. The van der Waals surface area contributed by atoms with E-state index < -0.39 is 22.9 Å². The molecular weight excluding hydrogens is 247 g/mol. The van der Waals surface area contributed by atoms with Crippen molar-refractivity contribution in [2.75, 3.05) is 11.4 Å². The van der Waals surface area contributed by atoms with Crippen LogP contribution in [0.5, 0.6) is 0 Å². The Bertz CT molecular complexity index is 602. The van der Waals surface area contributed by atoms with Crippen LogP contribution in [0, 0.1) is 22.6 Å². The highest BCUT2D eigenvalue weighted by molar-refractivity contribution is 6.52. The number of Topliss-reactive ketones (excluding diaryl/α,β-unsaturated/α-hetero) is 1. The van der Waals surface area contributed by atoms with Crippen LogP contribution in [0.3, 0.4) is 0 Å². The molecule has 1 heterocycles. The number of amides is 1. The van der Waals surface area contributed by atoms with Crippen LogP contribution in [-0.4, -0.2) is 18.2 Å². The molecule has 98 valence electrons. The summed E-state index contributed by atoms with van der Waals surface area (Å²) in [6.45, 7) is 3.80. The fourth-order valence-electron chi connectivity index (χ4n) is 1.94. The van der Waals surface area contributed by atoms with Crippen molar-refractivity contribution >= 4 is 17.4 Å². The highest BCUT2D eigenvalue weighted by Gasteiger charge is 2.36. The first kappa shape index (κ1) is 13.2. The van der Waals surface area contributed by atoms with Gasteiger partial charge in [0, 0.05) is 6.54 Å². The molecule has 1 aromatic carbocycles. The Hall–Kier alpha value is -2.22. The number of benzene rings is 1. The van der Waals surface area contributed by atoms with Crippen molar-refractivity contribution in [2.45, 2.75) is 20.3 Å². The fourth-order valence-corrected chi connectivity index (χ4v) is 1.94. The summed E-state index contributed by atoms with van der Waals surface area (Å²) in [6.07, 6.45) is 0.444. The van der Waals surface area contributed by atoms with Gasteiger partial charge in [0.1, 0.15) is 5.82 Å². The first-order valence-electron chi connectivity index (χ1n) is 5.93. The molecule has 0 fully saturated rings. The molecule has 1 amide bonds. The van der Waals surface area contributed by atoms with Gasteiger partial charge in [-0.2, -0.15) is 5.26 Å². The van der Waals surface area contributed by atoms with Crippen molar-refractivity contribution in [1.82, 2.24) is 0 Å². The molecule has 0 atom stereocenters. The maximum absolute atomic E-state index is 13.1. The Morgan fingerprint density at radius 1 is 1.37 bits per heavy atom. The minimum Gasteiger partial charge on any atom is -0.305 e. The summed E-state index contributed by atoms with van der Waals surface area (Å²) in [4.78, 5) is 24.9. The van der Waals surface area contributed by atoms with Crippen LogP contribution in [0.4, 0.5) is 10.1 Å². The SMILES string of the molecule is CC(C)(C#N)CCN1C(=O)C(=O)c2cc(F)ccc21. The third-order valence-corrected chi connectivity index (χ3v) is 3.20. The van der Waals surface area contributed by atoms with Gasteiger partial charge in [0.15, 0.2) is 0 Å². The van der Waals surface area contributed by atoms with Gasteiger partial charge < -0.3 is 4.90 Å². The molecule has 1 aromatic rings. The van der Waals surface area contributed by atoms with Crippen molar-refractivity contribution in [3.63, 3.8) is 0 Å². The van der Waals surface area contributed by atoms with Crippen molar-refractivity contribution in [3.05, 3.63) is 29.6 Å². The quantitative estimate of drug-likeness (QED) is 0.783. The topological polar surface area (TPSA) is 61.2 Å². The molecule has 0 radical (unpaired) electrons. The number of rotatable bonds is 3. The maximum atomic E-state index is 13.1. The molecule has 4 nitrogen and oxygen atoms in total. The molecule has 0 bridgehead atoms. The minimum atomic E-state index is -0.690. The van der Waals surface area contributed by atoms with E-state index >= 15 is 0 Å². The molecular formula is C14H13FN2O2. The summed E-state index contributed by atoms with van der Waals surface area (Å²) in [5.41, 5.74) is -0.0588. The van der Waals surface area contributed by atoms with E-state index in [0.717, 1.165) is 6.07 Å². The number of hydrogen-bond acceptors (Lipinski definition) is 3. The van der Waals surface area contributed by atoms with Crippen LogP contribution in [-0.2, 0) is 4.79 Å². The summed E-state index contributed by atoms with van der Waals surface area (Å²) in [7, 11) is 0. The van der Waals surface area contributed by atoms with E-state index in [2.05, 4.69) is 6.07 Å². The average molecular weight is 260 g/mol. The molecule has 2 rings (SSSR count). The van der Waals surface area contributed by atoms with Crippen LogP contribution in [0.1, 0.15) is 30.6 Å². The zero-order valence-electron chi connectivity index (χ0n) is 10.7. The standard InChI is InChI=1S/C14H13FN2O2/c1-14(2,8-16)5-6-17-11-4-3-9(15)7-10(11)12(18)13(17)19/h3-4,7H,5-6H2,1-2H3. The van der Waals surface area contributed by atoms with E-state index in [-0.39, 0.29) is 12.1 Å². The van der Waals surface area contributed by atoms with Crippen molar-refractivity contribution in [1.29, 1.82) is 5.26 Å². The Kier molecular flexibility index (Phi) is 3.11. The van der Waals surface area contributed by atoms with Gasteiger partial charge in [-0.1, -0.05) is 0 Å². The average Bonchev–Trinajstić information content (AvgIpc) is 2.60. The van der Waals surface area contributed by atoms with Gasteiger partial charge >= 0.3 is 0 Å². The molecule has 5 heteroatoms. The molecule has 1 aliphatic heterocycles. The zero-order valence-corrected chi connectivity index (χ0v) is 10.7. The molecule has 0 unspecified atom stereocenters. The van der Waals surface area contributed by atoms with Gasteiger partial charge in [-0.25, -0.2) is 4.39 Å². The van der Waals surface area contributed by atoms with Crippen molar-refractivity contribution < 1.29 is 14.0 Å². The number of carbonyl (C=O) groups is 2. The van der Waals surface area contributed by atoms with Crippen LogP contribution in [0.25, 0.3) is 0 Å². The van der Waals surface area contributed by atoms with Crippen molar-refractivity contribution in [2.24, 2.45) is 5.41 Å². The lowest BCUT2D eigenvalue weighted by Gasteiger charge is -2.21. The molecule has 19 heavy (non-hydrogen) atoms. The molecule has 0 aromatic heterocycles. The van der Waals surface area contributed by atoms with Crippen LogP contribution in [0.15, 0.2) is 18.2 Å². The molecule has 1 aliphatic rings. The molecule has 0 saturated heterocycles. The Labute approximate surface area is 110 Å². The van der Waals surface area contributed by atoms with Gasteiger partial charge in [0.25, 0.3) is 11.7 Å². The second kappa shape index (κ2) is 4.47. The molecule has 0 spiro atoms. The molecule has 0 N–H and O–H groups in total. The highest BCUT2D eigenvalue weighted by atomic mass is 19.1. The van der Waals surface area contributed by atoms with Gasteiger partial charge in [-0.3, -0.25) is 9.59 Å². The highest BCUT2D eigenvalue weighted by Crippen LogP contribution is 2.31. The van der Waals surface area contributed by atoms with Crippen LogP contribution >= 0.6 is 0 Å². The van der Waals surface area contributed by atoms with E-state index in [4.69, 9.17) is 5.26 Å². The van der Waals surface area contributed by atoms with Gasteiger partial charge in [0.05, 0.1) is 22.7 Å². The lowest BCUT2D eigenvalue weighted by atomic mass is 9.91. The lowest BCUT2D eigenvalue weighted by Crippen LogP contribution is -2.32. The van der Waals surface area contributed by atoms with Crippen molar-refractivity contribution in [3.8, 4) is 6.07 Å². The third kappa shape index (κ3) is 2.34. The predicted molar refractivity (Wildman–Crippen MR) is 67.1 cm³/mol. The fraction of sp³-hybridized carbons (Fsp3) is 0.357. The largest absolute Gasteiger partial charge is 0.305 e. The van der Waals surface area contributed by atoms with E-state index in [1.807, 2.05) is 0 Å². The van der Waals surface area contributed by atoms with Gasteiger partial charge in [-0.15, -0.1) is 0 Å². The number of nitriles is 1. The molecule has 0 aliphatic carbocycles. The number of anilines is 1. The second-order valence-electron chi connectivity index (χ2n) is 5.19. The first-order valence-corrected chi connectivity index (χ1v) is 5.93. The van der Waals surface area contributed by atoms with Crippen LogP contribution < -0.4 is 4.90 Å². The Morgan fingerprint density at radius 3 is 2.68 bits per heavy atom. The monoisotopic (exact) mass is 260 g/mol. The van der Waals surface area contributed by atoms with E-state index in [9.17, 15) is 14.0 Å². The van der Waals surface area contributed by atoms with Gasteiger partial charge in [-0.05, 0) is 38.5 Å². The Morgan fingerprint density at radius 2 is 2.05 bits per heavy atom. The number of ketones is 1. The zero-order chi connectivity index (χ0) is 14.2. The number of fused-ring (bicyclic) bond motifs is 1. The first-order chi connectivity index (χ1) is 8.85. The van der Waals surface area contributed by atoms with E-state index in [1.165, 1.54) is 17.0 Å². The summed E-state index contributed by atoms with van der Waals surface area (Å²) >= 11 is 0. The summed E-state index contributed by atoms with van der Waals surface area (Å²) in [6, 6.07) is 5.85. The van der Waals surface area contributed by atoms with Gasteiger partial charge in [0.2, 0.25) is 0 Å². The number of halogens is 1. The lowest BCUT2D eigenvalue weighted by molar-refractivity contribution is -0.114. The third-order valence-electron chi connectivity index (χ3n) is 3.20.